The standard InChI is InChI=1S/C17H17N7/c1-23-17-15(10-21-23)16(19-12-20-17)18-9-14-7-8-24(22-14)11-13-5-3-2-4-6-13/h2-8,10,12H,9,11H2,1H3,(H,18,19,20). The lowest BCUT2D eigenvalue weighted by molar-refractivity contribution is 0.674. The Balaban J connectivity index is 1.46. The van der Waals surface area contributed by atoms with Crippen LogP contribution in [0.15, 0.2) is 55.1 Å². The molecule has 0 fully saturated rings. The molecule has 120 valence electrons. The van der Waals surface area contributed by atoms with Crippen molar-refractivity contribution in [3.8, 4) is 0 Å². The van der Waals surface area contributed by atoms with Crippen LogP contribution < -0.4 is 5.32 Å². The van der Waals surface area contributed by atoms with E-state index < -0.39 is 0 Å². The number of anilines is 1. The van der Waals surface area contributed by atoms with Crippen LogP contribution >= 0.6 is 0 Å². The Morgan fingerprint density at radius 2 is 1.96 bits per heavy atom. The molecule has 24 heavy (non-hydrogen) atoms. The van der Waals surface area contributed by atoms with Crippen LogP contribution in [0.4, 0.5) is 5.82 Å². The van der Waals surface area contributed by atoms with Gasteiger partial charge in [-0.2, -0.15) is 10.2 Å². The van der Waals surface area contributed by atoms with E-state index in [1.54, 1.807) is 17.2 Å². The minimum atomic E-state index is 0.600. The highest BCUT2D eigenvalue weighted by Gasteiger charge is 2.08. The van der Waals surface area contributed by atoms with Crippen LogP contribution in [-0.4, -0.2) is 29.5 Å². The summed E-state index contributed by atoms with van der Waals surface area (Å²) in [7, 11) is 1.87. The zero-order chi connectivity index (χ0) is 16.4. The maximum Gasteiger partial charge on any atom is 0.163 e. The Morgan fingerprint density at radius 1 is 1.08 bits per heavy atom. The molecule has 0 amide bonds. The highest BCUT2D eigenvalue weighted by Crippen LogP contribution is 2.18. The average molecular weight is 319 g/mol. The Morgan fingerprint density at radius 3 is 2.83 bits per heavy atom. The molecule has 0 saturated carbocycles. The van der Waals surface area contributed by atoms with Gasteiger partial charge in [0, 0.05) is 13.2 Å². The van der Waals surface area contributed by atoms with Crippen LogP contribution in [0.5, 0.6) is 0 Å². The highest BCUT2D eigenvalue weighted by atomic mass is 15.3. The van der Waals surface area contributed by atoms with Gasteiger partial charge in [0.15, 0.2) is 5.65 Å². The molecule has 0 unspecified atom stereocenters. The fourth-order valence-corrected chi connectivity index (χ4v) is 2.63. The molecular formula is C17H17N7. The van der Waals surface area contributed by atoms with Crippen molar-refractivity contribution < 1.29 is 0 Å². The van der Waals surface area contributed by atoms with Crippen molar-refractivity contribution >= 4 is 16.9 Å². The molecule has 7 heteroatoms. The number of hydrogen-bond acceptors (Lipinski definition) is 5. The third kappa shape index (κ3) is 2.83. The quantitative estimate of drug-likeness (QED) is 0.610. The van der Waals surface area contributed by atoms with Gasteiger partial charge in [0.1, 0.15) is 12.1 Å². The van der Waals surface area contributed by atoms with E-state index in [0.29, 0.717) is 6.54 Å². The lowest BCUT2D eigenvalue weighted by Crippen LogP contribution is -2.05. The minimum absolute atomic E-state index is 0.600. The molecule has 0 saturated heterocycles. The Kier molecular flexibility index (Phi) is 3.66. The Labute approximate surface area is 139 Å². The molecule has 1 N–H and O–H groups in total. The van der Waals surface area contributed by atoms with Gasteiger partial charge in [-0.15, -0.1) is 0 Å². The van der Waals surface area contributed by atoms with Gasteiger partial charge < -0.3 is 5.32 Å². The summed E-state index contributed by atoms with van der Waals surface area (Å²) in [6.45, 7) is 1.37. The molecule has 1 aromatic carbocycles. The summed E-state index contributed by atoms with van der Waals surface area (Å²) in [4.78, 5) is 8.54. The summed E-state index contributed by atoms with van der Waals surface area (Å²) < 4.78 is 3.67. The Hall–Kier alpha value is -3.22. The number of nitrogens with zero attached hydrogens (tertiary/aromatic N) is 6. The van der Waals surface area contributed by atoms with Crippen LogP contribution in [-0.2, 0) is 20.1 Å². The van der Waals surface area contributed by atoms with Gasteiger partial charge in [-0.3, -0.25) is 9.36 Å². The number of fused-ring (bicyclic) bond motifs is 1. The second kappa shape index (κ2) is 6.11. The molecule has 0 spiro atoms. The van der Waals surface area contributed by atoms with E-state index in [9.17, 15) is 0 Å². The van der Waals surface area contributed by atoms with Crippen LogP contribution in [0.1, 0.15) is 11.3 Å². The highest BCUT2D eigenvalue weighted by molar-refractivity contribution is 5.85. The van der Waals surface area contributed by atoms with Crippen molar-refractivity contribution in [2.24, 2.45) is 7.05 Å². The maximum absolute atomic E-state index is 4.60. The van der Waals surface area contributed by atoms with E-state index in [1.165, 1.54) is 5.56 Å². The average Bonchev–Trinajstić information content (AvgIpc) is 3.21. The first-order chi connectivity index (χ1) is 11.8. The van der Waals surface area contributed by atoms with Gasteiger partial charge in [0.2, 0.25) is 0 Å². The largest absolute Gasteiger partial charge is 0.364 e. The molecular weight excluding hydrogens is 302 g/mol. The van der Waals surface area contributed by atoms with E-state index in [0.717, 1.165) is 29.1 Å². The molecule has 3 aromatic heterocycles. The summed E-state index contributed by atoms with van der Waals surface area (Å²) in [5, 5.41) is 13.0. The molecule has 0 bridgehead atoms. The first-order valence-corrected chi connectivity index (χ1v) is 7.72. The second-order valence-electron chi connectivity index (χ2n) is 5.57. The van der Waals surface area contributed by atoms with Crippen LogP contribution in [0.2, 0.25) is 0 Å². The van der Waals surface area contributed by atoms with E-state index in [2.05, 4.69) is 37.6 Å². The number of aromatic nitrogens is 6. The molecule has 4 aromatic rings. The van der Waals surface area contributed by atoms with Gasteiger partial charge in [-0.1, -0.05) is 30.3 Å². The van der Waals surface area contributed by atoms with E-state index in [-0.39, 0.29) is 0 Å². The van der Waals surface area contributed by atoms with Gasteiger partial charge in [0.25, 0.3) is 0 Å². The molecule has 7 nitrogen and oxygen atoms in total. The normalized spacial score (nSPS) is 11.0. The monoisotopic (exact) mass is 319 g/mol. The van der Waals surface area contributed by atoms with Gasteiger partial charge >= 0.3 is 0 Å². The molecule has 4 rings (SSSR count). The molecule has 0 aliphatic carbocycles. The summed E-state index contributed by atoms with van der Waals surface area (Å²) in [5.74, 6) is 0.769. The summed E-state index contributed by atoms with van der Waals surface area (Å²) in [6, 6.07) is 12.3. The smallest absolute Gasteiger partial charge is 0.163 e. The third-order valence-corrected chi connectivity index (χ3v) is 3.85. The van der Waals surface area contributed by atoms with Gasteiger partial charge in [0.05, 0.1) is 30.4 Å². The number of aryl methyl sites for hydroxylation is 1. The fourth-order valence-electron chi connectivity index (χ4n) is 2.63. The lowest BCUT2D eigenvalue weighted by Gasteiger charge is -2.05. The van der Waals surface area contributed by atoms with Crippen molar-refractivity contribution in [1.29, 1.82) is 0 Å². The van der Waals surface area contributed by atoms with E-state index in [4.69, 9.17) is 0 Å². The van der Waals surface area contributed by atoms with Gasteiger partial charge in [-0.05, 0) is 11.6 Å². The minimum Gasteiger partial charge on any atom is -0.364 e. The van der Waals surface area contributed by atoms with Crippen LogP contribution in [0.25, 0.3) is 11.0 Å². The number of nitrogens with one attached hydrogen (secondary N) is 1. The van der Waals surface area contributed by atoms with Crippen LogP contribution in [0.3, 0.4) is 0 Å². The molecule has 0 atom stereocenters. The molecule has 0 radical (unpaired) electrons. The molecule has 3 heterocycles. The first kappa shape index (κ1) is 14.4. The summed E-state index contributed by atoms with van der Waals surface area (Å²) >= 11 is 0. The van der Waals surface area contributed by atoms with Crippen molar-refractivity contribution in [2.45, 2.75) is 13.1 Å². The van der Waals surface area contributed by atoms with E-state index >= 15 is 0 Å². The van der Waals surface area contributed by atoms with Crippen molar-refractivity contribution in [3.05, 3.63) is 66.4 Å². The molecule has 0 aliphatic heterocycles. The topological polar surface area (TPSA) is 73.5 Å². The van der Waals surface area contributed by atoms with Crippen molar-refractivity contribution in [1.82, 2.24) is 29.5 Å². The maximum atomic E-state index is 4.60. The number of benzene rings is 1. The summed E-state index contributed by atoms with van der Waals surface area (Å²) in [6.07, 6.45) is 5.30. The SMILES string of the molecule is Cn1ncc2c(NCc3ccn(Cc4ccccc4)n3)ncnc21. The Bertz CT molecular complexity index is 955. The summed E-state index contributed by atoms with van der Waals surface area (Å²) in [5.41, 5.74) is 3.00. The predicted molar refractivity (Wildman–Crippen MR) is 91.4 cm³/mol. The number of rotatable bonds is 5. The van der Waals surface area contributed by atoms with Crippen molar-refractivity contribution in [3.63, 3.8) is 0 Å². The third-order valence-electron chi connectivity index (χ3n) is 3.85. The predicted octanol–water partition coefficient (Wildman–Crippen LogP) is 2.22. The lowest BCUT2D eigenvalue weighted by atomic mass is 10.2. The van der Waals surface area contributed by atoms with Gasteiger partial charge in [-0.25, -0.2) is 9.97 Å². The first-order valence-electron chi connectivity index (χ1n) is 7.72. The second-order valence-corrected chi connectivity index (χ2v) is 5.57. The van der Waals surface area contributed by atoms with Crippen LogP contribution in [0, 0.1) is 0 Å². The van der Waals surface area contributed by atoms with E-state index in [1.807, 2.05) is 42.2 Å². The fraction of sp³-hybridized carbons (Fsp3) is 0.176. The zero-order valence-electron chi connectivity index (χ0n) is 13.3. The number of hydrogen-bond donors (Lipinski definition) is 1. The zero-order valence-corrected chi connectivity index (χ0v) is 13.3. The van der Waals surface area contributed by atoms with Crippen molar-refractivity contribution in [2.75, 3.05) is 5.32 Å². The molecule has 0 aliphatic rings.